The molecule has 1 heterocycles. The van der Waals surface area contributed by atoms with Crippen LogP contribution in [0, 0.1) is 5.82 Å². The van der Waals surface area contributed by atoms with Gasteiger partial charge in [-0.05, 0) is 47.5 Å². The molecule has 142 valence electrons. The lowest BCUT2D eigenvalue weighted by atomic mass is 10.1. The predicted octanol–water partition coefficient (Wildman–Crippen LogP) is 5.29. The molecule has 0 aromatic heterocycles. The summed E-state index contributed by atoms with van der Waals surface area (Å²) in [5, 5.41) is -0.0715. The molecule has 0 N–H and O–H groups in total. The van der Waals surface area contributed by atoms with Crippen LogP contribution in [0.4, 0.5) is 4.39 Å². The minimum Gasteiger partial charge on any atom is -0.489 e. The van der Waals surface area contributed by atoms with Crippen molar-refractivity contribution < 1.29 is 13.9 Å². The first-order chi connectivity index (χ1) is 13.7. The second kappa shape index (κ2) is 8.48. The molecule has 28 heavy (non-hydrogen) atoms. The van der Waals surface area contributed by atoms with E-state index in [2.05, 4.69) is 0 Å². The molecular formula is C23H20FNO2S. The van der Waals surface area contributed by atoms with Gasteiger partial charge in [-0.15, -0.1) is 11.8 Å². The summed E-state index contributed by atoms with van der Waals surface area (Å²) in [4.78, 5) is 14.7. The van der Waals surface area contributed by atoms with Crippen LogP contribution in [-0.2, 0) is 6.61 Å². The average Bonchev–Trinajstić information content (AvgIpc) is 3.23. The summed E-state index contributed by atoms with van der Waals surface area (Å²) in [6.07, 6.45) is 0. The third kappa shape index (κ3) is 4.20. The van der Waals surface area contributed by atoms with Crippen LogP contribution in [-0.4, -0.2) is 23.1 Å². The minimum absolute atomic E-state index is 0.0715. The standard InChI is InChI=1S/C23H20FNO2S/c24-20-11-9-18(10-12-20)22(26)25-13-14-28-23(25)19-7-4-8-21(15-19)27-16-17-5-2-1-3-6-17/h1-12,15,23H,13-14,16H2/t23-/m1/s1. The molecule has 0 aliphatic carbocycles. The summed E-state index contributed by atoms with van der Waals surface area (Å²) in [6, 6.07) is 23.6. The van der Waals surface area contributed by atoms with E-state index in [9.17, 15) is 9.18 Å². The van der Waals surface area contributed by atoms with Gasteiger partial charge in [0.25, 0.3) is 5.91 Å². The normalized spacial score (nSPS) is 16.2. The first kappa shape index (κ1) is 18.6. The van der Waals surface area contributed by atoms with E-state index in [1.54, 1.807) is 11.8 Å². The van der Waals surface area contributed by atoms with Crippen molar-refractivity contribution in [2.24, 2.45) is 0 Å². The van der Waals surface area contributed by atoms with E-state index >= 15 is 0 Å². The molecule has 4 rings (SSSR count). The Morgan fingerprint density at radius 1 is 1.04 bits per heavy atom. The van der Waals surface area contributed by atoms with Crippen molar-refractivity contribution in [3.8, 4) is 5.75 Å². The molecule has 1 saturated heterocycles. The van der Waals surface area contributed by atoms with E-state index in [-0.39, 0.29) is 17.1 Å². The largest absolute Gasteiger partial charge is 0.489 e. The molecule has 0 saturated carbocycles. The molecule has 1 aliphatic heterocycles. The fourth-order valence-electron chi connectivity index (χ4n) is 3.21. The molecule has 5 heteroatoms. The molecular weight excluding hydrogens is 373 g/mol. The number of halogens is 1. The molecule has 0 radical (unpaired) electrons. The summed E-state index contributed by atoms with van der Waals surface area (Å²) in [5.74, 6) is 1.23. The van der Waals surface area contributed by atoms with Crippen LogP contribution in [0.15, 0.2) is 78.9 Å². The van der Waals surface area contributed by atoms with Gasteiger partial charge in [-0.1, -0.05) is 42.5 Å². The number of hydrogen-bond donors (Lipinski definition) is 0. The molecule has 0 bridgehead atoms. The van der Waals surface area contributed by atoms with Gasteiger partial charge in [0.05, 0.1) is 0 Å². The summed E-state index contributed by atoms with van der Waals surface area (Å²) >= 11 is 1.73. The maximum absolute atomic E-state index is 13.2. The number of thioether (sulfide) groups is 1. The molecule has 1 atom stereocenters. The van der Waals surface area contributed by atoms with Crippen molar-refractivity contribution in [1.29, 1.82) is 0 Å². The first-order valence-electron chi connectivity index (χ1n) is 9.15. The third-order valence-electron chi connectivity index (χ3n) is 4.63. The van der Waals surface area contributed by atoms with Crippen molar-refractivity contribution in [2.75, 3.05) is 12.3 Å². The summed E-state index contributed by atoms with van der Waals surface area (Å²) in [5.41, 5.74) is 2.64. The molecule has 1 amide bonds. The highest BCUT2D eigenvalue weighted by Crippen LogP contribution is 2.39. The SMILES string of the molecule is O=C(c1ccc(F)cc1)N1CCS[C@@H]1c1cccc(OCc2ccccc2)c1. The van der Waals surface area contributed by atoms with E-state index < -0.39 is 0 Å². The number of rotatable bonds is 5. The Morgan fingerprint density at radius 2 is 1.82 bits per heavy atom. The summed E-state index contributed by atoms with van der Waals surface area (Å²) in [7, 11) is 0. The van der Waals surface area contributed by atoms with Crippen LogP contribution in [0.1, 0.15) is 26.9 Å². The summed E-state index contributed by atoms with van der Waals surface area (Å²) < 4.78 is 19.1. The van der Waals surface area contributed by atoms with Crippen LogP contribution < -0.4 is 4.74 Å². The zero-order chi connectivity index (χ0) is 19.3. The molecule has 0 spiro atoms. The van der Waals surface area contributed by atoms with Crippen molar-refractivity contribution >= 4 is 17.7 Å². The van der Waals surface area contributed by atoms with E-state index in [1.165, 1.54) is 24.3 Å². The second-order valence-electron chi connectivity index (χ2n) is 6.58. The van der Waals surface area contributed by atoms with Gasteiger partial charge in [-0.25, -0.2) is 4.39 Å². The van der Waals surface area contributed by atoms with Gasteiger partial charge in [0.2, 0.25) is 0 Å². The molecule has 3 aromatic carbocycles. The lowest BCUT2D eigenvalue weighted by Crippen LogP contribution is -2.30. The number of carbonyl (C=O) groups excluding carboxylic acids is 1. The monoisotopic (exact) mass is 393 g/mol. The van der Waals surface area contributed by atoms with Crippen LogP contribution in [0.25, 0.3) is 0 Å². The first-order valence-corrected chi connectivity index (χ1v) is 10.2. The van der Waals surface area contributed by atoms with E-state index in [1.807, 2.05) is 59.5 Å². The van der Waals surface area contributed by atoms with Gasteiger partial charge in [-0.3, -0.25) is 4.79 Å². The molecule has 1 fully saturated rings. The van der Waals surface area contributed by atoms with Crippen LogP contribution in [0.3, 0.4) is 0 Å². The predicted molar refractivity (Wildman–Crippen MR) is 110 cm³/mol. The third-order valence-corrected chi connectivity index (χ3v) is 5.90. The average molecular weight is 393 g/mol. The molecule has 3 nitrogen and oxygen atoms in total. The quantitative estimate of drug-likeness (QED) is 0.590. The molecule has 3 aromatic rings. The van der Waals surface area contributed by atoms with Gasteiger partial charge < -0.3 is 9.64 Å². The van der Waals surface area contributed by atoms with E-state index in [0.717, 1.165) is 22.6 Å². The van der Waals surface area contributed by atoms with Gasteiger partial charge in [-0.2, -0.15) is 0 Å². The Kier molecular flexibility index (Phi) is 5.63. The van der Waals surface area contributed by atoms with Crippen LogP contribution in [0.2, 0.25) is 0 Å². The zero-order valence-electron chi connectivity index (χ0n) is 15.3. The lowest BCUT2D eigenvalue weighted by molar-refractivity contribution is 0.0760. The van der Waals surface area contributed by atoms with Gasteiger partial charge in [0.15, 0.2) is 0 Å². The second-order valence-corrected chi connectivity index (χ2v) is 7.76. The Bertz CT molecular complexity index is 946. The Hall–Kier alpha value is -2.79. The number of nitrogens with zero attached hydrogens (tertiary/aromatic N) is 1. The summed E-state index contributed by atoms with van der Waals surface area (Å²) in [6.45, 7) is 1.17. The van der Waals surface area contributed by atoms with E-state index in [0.29, 0.717) is 18.7 Å². The molecule has 1 aliphatic rings. The van der Waals surface area contributed by atoms with Crippen molar-refractivity contribution in [3.63, 3.8) is 0 Å². The lowest BCUT2D eigenvalue weighted by Gasteiger charge is -2.24. The topological polar surface area (TPSA) is 29.5 Å². The zero-order valence-corrected chi connectivity index (χ0v) is 16.1. The van der Waals surface area contributed by atoms with Crippen LogP contribution in [0.5, 0.6) is 5.75 Å². The van der Waals surface area contributed by atoms with Gasteiger partial charge in [0.1, 0.15) is 23.5 Å². The fourth-order valence-corrected chi connectivity index (χ4v) is 4.46. The smallest absolute Gasteiger partial charge is 0.255 e. The fraction of sp³-hybridized carbons (Fsp3) is 0.174. The van der Waals surface area contributed by atoms with E-state index in [4.69, 9.17) is 4.74 Å². The highest BCUT2D eigenvalue weighted by molar-refractivity contribution is 7.99. The number of amides is 1. The van der Waals surface area contributed by atoms with Gasteiger partial charge >= 0.3 is 0 Å². The highest BCUT2D eigenvalue weighted by Gasteiger charge is 2.31. The number of ether oxygens (including phenoxy) is 1. The Morgan fingerprint density at radius 3 is 2.61 bits per heavy atom. The van der Waals surface area contributed by atoms with Crippen molar-refractivity contribution in [1.82, 2.24) is 4.90 Å². The number of hydrogen-bond acceptors (Lipinski definition) is 3. The number of benzene rings is 3. The van der Waals surface area contributed by atoms with Crippen molar-refractivity contribution in [3.05, 3.63) is 101 Å². The molecule has 0 unspecified atom stereocenters. The maximum Gasteiger partial charge on any atom is 0.255 e. The maximum atomic E-state index is 13.2. The Balaban J connectivity index is 1.49. The van der Waals surface area contributed by atoms with Crippen molar-refractivity contribution in [2.45, 2.75) is 12.0 Å². The van der Waals surface area contributed by atoms with Crippen LogP contribution >= 0.6 is 11.8 Å². The highest BCUT2D eigenvalue weighted by atomic mass is 32.2. The van der Waals surface area contributed by atoms with Gasteiger partial charge in [0, 0.05) is 17.9 Å². The Labute approximate surface area is 168 Å². The minimum atomic E-state index is -0.341. The number of carbonyl (C=O) groups is 1.